The number of carbonyl (C=O) groups is 1. The average Bonchev–Trinajstić information content (AvgIpc) is 2.73. The van der Waals surface area contributed by atoms with Crippen LogP contribution < -0.4 is 9.62 Å². The van der Waals surface area contributed by atoms with Crippen LogP contribution in [0.25, 0.3) is 0 Å². The Balaban J connectivity index is 1.62. The van der Waals surface area contributed by atoms with Gasteiger partial charge in [-0.25, -0.2) is 12.8 Å². The van der Waals surface area contributed by atoms with Gasteiger partial charge in [0.25, 0.3) is 15.9 Å². The number of sulfonamides is 1. The second-order valence-corrected chi connectivity index (χ2v) is 8.46. The molecule has 0 bridgehead atoms. The number of aryl methyl sites for hydroxylation is 1. The van der Waals surface area contributed by atoms with E-state index in [2.05, 4.69) is 4.72 Å². The maximum absolute atomic E-state index is 13.9. The third-order valence-corrected chi connectivity index (χ3v) is 6.26. The predicted octanol–water partition coefficient (Wildman–Crippen LogP) is 4.22. The first kappa shape index (κ1) is 19.1. The molecule has 3 aromatic rings. The molecule has 4 rings (SSSR count). The van der Waals surface area contributed by atoms with Crippen LogP contribution in [-0.4, -0.2) is 20.9 Å². The van der Waals surface area contributed by atoms with Crippen molar-refractivity contribution in [3.8, 4) is 0 Å². The molecule has 5 nitrogen and oxygen atoms in total. The Labute approximate surface area is 168 Å². The van der Waals surface area contributed by atoms with Crippen LogP contribution in [-0.2, 0) is 16.4 Å². The summed E-state index contributed by atoms with van der Waals surface area (Å²) in [5, 5.41) is 0. The fourth-order valence-corrected chi connectivity index (χ4v) is 4.61. The van der Waals surface area contributed by atoms with Crippen molar-refractivity contribution >= 4 is 27.3 Å². The van der Waals surface area contributed by atoms with E-state index in [9.17, 15) is 17.6 Å². The van der Waals surface area contributed by atoms with Gasteiger partial charge in [-0.15, -0.1) is 0 Å². The van der Waals surface area contributed by atoms with Gasteiger partial charge in [0.05, 0.1) is 0 Å². The molecule has 0 saturated carbocycles. The molecule has 0 unspecified atom stereocenters. The lowest BCUT2D eigenvalue weighted by atomic mass is 10.00. The number of rotatable bonds is 4. The SMILES string of the molecule is O=C(c1ccccc1)N1CCCc2cc(NS(=O)(=O)c3ccccc3F)ccc21. The third kappa shape index (κ3) is 3.86. The summed E-state index contributed by atoms with van der Waals surface area (Å²) in [6.45, 7) is 0.598. The molecule has 0 fully saturated rings. The van der Waals surface area contributed by atoms with E-state index in [-0.39, 0.29) is 5.91 Å². The highest BCUT2D eigenvalue weighted by Crippen LogP contribution is 2.31. The third-order valence-electron chi connectivity index (χ3n) is 4.84. The van der Waals surface area contributed by atoms with E-state index in [0.29, 0.717) is 17.8 Å². The number of amides is 1. The number of nitrogens with zero attached hydrogens (tertiary/aromatic N) is 1. The van der Waals surface area contributed by atoms with Gasteiger partial charge in [0.1, 0.15) is 10.7 Å². The van der Waals surface area contributed by atoms with E-state index in [0.717, 1.165) is 30.2 Å². The van der Waals surface area contributed by atoms with Crippen LogP contribution in [0.3, 0.4) is 0 Å². The van der Waals surface area contributed by atoms with E-state index < -0.39 is 20.7 Å². The van der Waals surface area contributed by atoms with E-state index in [4.69, 9.17) is 0 Å². The van der Waals surface area contributed by atoms with Crippen LogP contribution in [0.15, 0.2) is 77.7 Å². The highest BCUT2D eigenvalue weighted by Gasteiger charge is 2.25. The van der Waals surface area contributed by atoms with Gasteiger partial charge in [-0.1, -0.05) is 30.3 Å². The Morgan fingerprint density at radius 2 is 1.69 bits per heavy atom. The minimum Gasteiger partial charge on any atom is -0.308 e. The molecule has 0 radical (unpaired) electrons. The summed E-state index contributed by atoms with van der Waals surface area (Å²) in [6, 6.07) is 19.3. The van der Waals surface area contributed by atoms with E-state index in [1.165, 1.54) is 18.2 Å². The lowest BCUT2D eigenvalue weighted by Gasteiger charge is -2.30. The highest BCUT2D eigenvalue weighted by molar-refractivity contribution is 7.92. The Morgan fingerprint density at radius 1 is 0.966 bits per heavy atom. The molecule has 1 amide bonds. The Bertz CT molecular complexity index is 1160. The zero-order chi connectivity index (χ0) is 20.4. The fourth-order valence-electron chi connectivity index (χ4n) is 3.48. The zero-order valence-electron chi connectivity index (χ0n) is 15.5. The first-order valence-corrected chi connectivity index (χ1v) is 10.7. The van der Waals surface area contributed by atoms with Crippen LogP contribution in [0.5, 0.6) is 0 Å². The van der Waals surface area contributed by atoms with Gasteiger partial charge >= 0.3 is 0 Å². The summed E-state index contributed by atoms with van der Waals surface area (Å²) >= 11 is 0. The van der Waals surface area contributed by atoms with Crippen molar-refractivity contribution < 1.29 is 17.6 Å². The number of nitrogens with one attached hydrogen (secondary N) is 1. The maximum Gasteiger partial charge on any atom is 0.264 e. The molecule has 0 aliphatic carbocycles. The molecule has 1 N–H and O–H groups in total. The fraction of sp³-hybridized carbons (Fsp3) is 0.136. The molecule has 1 aliphatic rings. The predicted molar refractivity (Wildman–Crippen MR) is 110 cm³/mol. The van der Waals surface area contributed by atoms with Gasteiger partial charge in [0.2, 0.25) is 0 Å². The normalized spacial score (nSPS) is 13.6. The Hall–Kier alpha value is -3.19. The number of halogens is 1. The molecular weight excluding hydrogens is 391 g/mol. The van der Waals surface area contributed by atoms with Gasteiger partial charge in [-0.3, -0.25) is 9.52 Å². The highest BCUT2D eigenvalue weighted by atomic mass is 32.2. The molecule has 0 spiro atoms. The number of anilines is 2. The molecular formula is C22H19FN2O3S. The van der Waals surface area contributed by atoms with Gasteiger partial charge in [-0.05, 0) is 60.9 Å². The largest absolute Gasteiger partial charge is 0.308 e. The minimum atomic E-state index is -4.05. The van der Waals surface area contributed by atoms with Crippen LogP contribution in [0, 0.1) is 5.82 Å². The Morgan fingerprint density at radius 3 is 2.45 bits per heavy atom. The average molecular weight is 410 g/mol. The molecule has 1 aliphatic heterocycles. The zero-order valence-corrected chi connectivity index (χ0v) is 16.3. The van der Waals surface area contributed by atoms with Crippen LogP contribution in [0.1, 0.15) is 22.3 Å². The Kier molecular flexibility index (Phi) is 5.07. The molecule has 29 heavy (non-hydrogen) atoms. The first-order chi connectivity index (χ1) is 14.0. The van der Waals surface area contributed by atoms with Crippen molar-refractivity contribution in [3.05, 3.63) is 89.7 Å². The molecule has 0 atom stereocenters. The number of benzene rings is 3. The molecule has 0 saturated heterocycles. The number of fused-ring (bicyclic) bond motifs is 1. The van der Waals surface area contributed by atoms with E-state index in [1.807, 2.05) is 18.2 Å². The summed E-state index contributed by atoms with van der Waals surface area (Å²) in [5.41, 5.74) is 2.57. The van der Waals surface area contributed by atoms with E-state index >= 15 is 0 Å². The van der Waals surface area contributed by atoms with E-state index in [1.54, 1.807) is 35.2 Å². The van der Waals surface area contributed by atoms with Crippen LogP contribution in [0.4, 0.5) is 15.8 Å². The van der Waals surface area contributed by atoms with Gasteiger partial charge in [0, 0.05) is 23.5 Å². The molecule has 7 heteroatoms. The molecule has 3 aromatic carbocycles. The lowest BCUT2D eigenvalue weighted by Crippen LogP contribution is -2.35. The molecule has 0 aromatic heterocycles. The summed E-state index contributed by atoms with van der Waals surface area (Å²) in [5.74, 6) is -0.899. The first-order valence-electron chi connectivity index (χ1n) is 9.23. The quantitative estimate of drug-likeness (QED) is 0.700. The second kappa shape index (κ2) is 7.67. The standard InChI is InChI=1S/C22H19FN2O3S/c23-19-10-4-5-11-21(19)29(27,28)24-18-12-13-20-17(15-18)9-6-14-25(20)22(26)16-7-2-1-3-8-16/h1-5,7-8,10-13,15,24H,6,9,14H2. The van der Waals surface area contributed by atoms with Crippen molar-refractivity contribution in [1.82, 2.24) is 0 Å². The van der Waals surface area contributed by atoms with Crippen molar-refractivity contribution in [2.24, 2.45) is 0 Å². The van der Waals surface area contributed by atoms with Crippen molar-refractivity contribution in [2.45, 2.75) is 17.7 Å². The maximum atomic E-state index is 13.9. The van der Waals surface area contributed by atoms with Gasteiger partial charge in [0.15, 0.2) is 0 Å². The summed E-state index contributed by atoms with van der Waals surface area (Å²) in [6.07, 6.45) is 1.50. The smallest absolute Gasteiger partial charge is 0.264 e. The van der Waals surface area contributed by atoms with Gasteiger partial charge < -0.3 is 4.90 Å². The van der Waals surface area contributed by atoms with Crippen molar-refractivity contribution in [1.29, 1.82) is 0 Å². The van der Waals surface area contributed by atoms with Crippen LogP contribution in [0.2, 0.25) is 0 Å². The number of hydrogen-bond donors (Lipinski definition) is 1. The summed E-state index contributed by atoms with van der Waals surface area (Å²) < 4.78 is 41.4. The molecule has 148 valence electrons. The summed E-state index contributed by atoms with van der Waals surface area (Å²) in [4.78, 5) is 14.2. The second-order valence-electron chi connectivity index (χ2n) is 6.81. The number of carbonyl (C=O) groups excluding carboxylic acids is 1. The van der Waals surface area contributed by atoms with Crippen molar-refractivity contribution in [2.75, 3.05) is 16.2 Å². The van der Waals surface area contributed by atoms with Crippen LogP contribution >= 0.6 is 0 Å². The lowest BCUT2D eigenvalue weighted by molar-refractivity contribution is 0.0985. The minimum absolute atomic E-state index is 0.0914. The molecule has 1 heterocycles. The van der Waals surface area contributed by atoms with Gasteiger partial charge in [-0.2, -0.15) is 0 Å². The topological polar surface area (TPSA) is 66.5 Å². The number of hydrogen-bond acceptors (Lipinski definition) is 3. The summed E-state index contributed by atoms with van der Waals surface area (Å²) in [7, 11) is -4.05. The monoisotopic (exact) mass is 410 g/mol. The van der Waals surface area contributed by atoms with Crippen molar-refractivity contribution in [3.63, 3.8) is 0 Å².